The molecule has 0 amide bonds. The van der Waals surface area contributed by atoms with Crippen molar-refractivity contribution < 1.29 is 27.5 Å². The number of esters is 1. The van der Waals surface area contributed by atoms with Gasteiger partial charge in [0.25, 0.3) is 0 Å². The number of nitrogens with zero attached hydrogens (tertiary/aromatic N) is 3. The summed E-state index contributed by atoms with van der Waals surface area (Å²) in [5.74, 6) is -2.74. The first kappa shape index (κ1) is 19.9. The highest BCUT2D eigenvalue weighted by molar-refractivity contribution is 5.98. The van der Waals surface area contributed by atoms with Gasteiger partial charge in [-0.25, -0.2) is 22.9 Å². The lowest BCUT2D eigenvalue weighted by atomic mass is 10.0. The second kappa shape index (κ2) is 7.81. The van der Waals surface area contributed by atoms with Crippen molar-refractivity contribution in [1.29, 1.82) is 0 Å². The van der Waals surface area contributed by atoms with Crippen LogP contribution in [-0.2, 0) is 14.3 Å². The summed E-state index contributed by atoms with van der Waals surface area (Å²) in [6.45, 7) is 2.07. The third-order valence-corrected chi connectivity index (χ3v) is 4.95. The molecular formula is C21H18F3N3O3. The highest BCUT2D eigenvalue weighted by Gasteiger charge is 2.31. The molecule has 0 radical (unpaired) electrons. The lowest BCUT2D eigenvalue weighted by Gasteiger charge is -2.31. The molecule has 0 N–H and O–H groups in total. The Morgan fingerprint density at radius 3 is 2.60 bits per heavy atom. The van der Waals surface area contributed by atoms with Crippen LogP contribution in [0.3, 0.4) is 0 Å². The molecule has 0 atom stereocenters. The molecule has 2 aliphatic heterocycles. The number of carbonyl (C=O) groups excluding carboxylic acids is 2. The number of aromatic nitrogens is 1. The van der Waals surface area contributed by atoms with E-state index in [4.69, 9.17) is 4.74 Å². The van der Waals surface area contributed by atoms with Crippen molar-refractivity contribution in [1.82, 2.24) is 4.98 Å². The Bertz CT molecular complexity index is 1070. The van der Waals surface area contributed by atoms with E-state index in [1.165, 1.54) is 28.0 Å². The molecule has 0 bridgehead atoms. The molecule has 1 aromatic heterocycles. The molecule has 0 saturated carbocycles. The van der Waals surface area contributed by atoms with E-state index < -0.39 is 23.4 Å². The normalized spacial score (nSPS) is 15.9. The number of Topliss-reactive ketones (excluding diaryl/α,β-unsaturated/α-hetero) is 1. The van der Waals surface area contributed by atoms with Crippen molar-refractivity contribution in [2.75, 3.05) is 36.0 Å². The molecule has 30 heavy (non-hydrogen) atoms. The third kappa shape index (κ3) is 3.62. The average molecular weight is 417 g/mol. The molecule has 2 aromatic rings. The molecule has 1 aromatic carbocycles. The van der Waals surface area contributed by atoms with E-state index >= 15 is 0 Å². The van der Waals surface area contributed by atoms with Gasteiger partial charge >= 0.3 is 5.97 Å². The van der Waals surface area contributed by atoms with Crippen LogP contribution >= 0.6 is 0 Å². The predicted molar refractivity (Wildman–Crippen MR) is 104 cm³/mol. The molecule has 0 aliphatic carbocycles. The number of ketones is 1. The largest absolute Gasteiger partial charge is 0.463 e. The van der Waals surface area contributed by atoms with Crippen LogP contribution in [0.5, 0.6) is 0 Å². The zero-order chi connectivity index (χ0) is 21.4. The van der Waals surface area contributed by atoms with Gasteiger partial charge in [0.15, 0.2) is 17.4 Å². The standard InChI is InChI=1S/C21H18F3N3O3/c1-2-30-21(29)13-7-12-8-17(24)20(26-6-5-15(28)11-26)25-19(12)27(10-13)18-4-3-14(22)9-16(18)23/h3-4,7-9H,2,5-6,10-11H2,1H3. The van der Waals surface area contributed by atoms with Gasteiger partial charge in [-0.05, 0) is 31.2 Å². The van der Waals surface area contributed by atoms with Crippen LogP contribution < -0.4 is 9.80 Å². The maximum absolute atomic E-state index is 14.8. The first-order chi connectivity index (χ1) is 14.4. The van der Waals surface area contributed by atoms with Gasteiger partial charge in [-0.2, -0.15) is 0 Å². The Labute approximate surface area is 170 Å². The van der Waals surface area contributed by atoms with E-state index in [1.54, 1.807) is 6.92 Å². The Balaban J connectivity index is 1.84. The molecule has 4 rings (SSSR count). The van der Waals surface area contributed by atoms with Gasteiger partial charge in [-0.3, -0.25) is 4.79 Å². The molecule has 2 aliphatic rings. The third-order valence-electron chi connectivity index (χ3n) is 4.95. The van der Waals surface area contributed by atoms with Crippen LogP contribution in [0.15, 0.2) is 29.8 Å². The van der Waals surface area contributed by atoms with Crippen molar-refractivity contribution in [3.63, 3.8) is 0 Å². The van der Waals surface area contributed by atoms with Crippen LogP contribution in [0.1, 0.15) is 18.9 Å². The Morgan fingerprint density at radius 1 is 1.13 bits per heavy atom. The van der Waals surface area contributed by atoms with E-state index in [1.807, 2.05) is 0 Å². The molecule has 1 saturated heterocycles. The Hall–Kier alpha value is -3.36. The van der Waals surface area contributed by atoms with E-state index in [0.29, 0.717) is 13.0 Å². The van der Waals surface area contributed by atoms with Crippen molar-refractivity contribution in [2.24, 2.45) is 0 Å². The molecule has 0 spiro atoms. The van der Waals surface area contributed by atoms with Crippen molar-refractivity contribution in [3.8, 4) is 0 Å². The first-order valence-corrected chi connectivity index (χ1v) is 9.45. The van der Waals surface area contributed by atoms with E-state index in [9.17, 15) is 22.8 Å². The fourth-order valence-electron chi connectivity index (χ4n) is 3.56. The Morgan fingerprint density at radius 2 is 1.93 bits per heavy atom. The number of benzene rings is 1. The van der Waals surface area contributed by atoms with Gasteiger partial charge in [-0.1, -0.05) is 0 Å². The van der Waals surface area contributed by atoms with Gasteiger partial charge in [0.1, 0.15) is 17.5 Å². The van der Waals surface area contributed by atoms with Crippen LogP contribution in [0.25, 0.3) is 6.08 Å². The minimum atomic E-state index is -0.852. The monoisotopic (exact) mass is 417 g/mol. The van der Waals surface area contributed by atoms with Crippen molar-refractivity contribution in [2.45, 2.75) is 13.3 Å². The second-order valence-electron chi connectivity index (χ2n) is 6.99. The van der Waals surface area contributed by atoms with Crippen LogP contribution in [-0.4, -0.2) is 43.0 Å². The number of ether oxygens (including phenoxy) is 1. The number of fused-ring (bicyclic) bond motifs is 1. The smallest absolute Gasteiger partial charge is 0.335 e. The number of pyridine rings is 1. The van der Waals surface area contributed by atoms with Gasteiger partial charge in [0, 0.05) is 24.6 Å². The highest BCUT2D eigenvalue weighted by atomic mass is 19.1. The number of carbonyl (C=O) groups is 2. The maximum atomic E-state index is 14.8. The fraction of sp³-hybridized carbons (Fsp3) is 0.286. The molecule has 0 unspecified atom stereocenters. The first-order valence-electron chi connectivity index (χ1n) is 9.45. The summed E-state index contributed by atoms with van der Waals surface area (Å²) in [6, 6.07) is 4.23. The highest BCUT2D eigenvalue weighted by Crippen LogP contribution is 2.37. The Kier molecular flexibility index (Phi) is 5.19. The van der Waals surface area contributed by atoms with Gasteiger partial charge in [0.2, 0.25) is 0 Å². The van der Waals surface area contributed by atoms with Crippen LogP contribution in [0.2, 0.25) is 0 Å². The van der Waals surface area contributed by atoms with Crippen LogP contribution in [0.4, 0.5) is 30.5 Å². The zero-order valence-electron chi connectivity index (χ0n) is 16.1. The van der Waals surface area contributed by atoms with Crippen LogP contribution in [0, 0.1) is 17.5 Å². The number of hydrogen-bond acceptors (Lipinski definition) is 6. The topological polar surface area (TPSA) is 62.7 Å². The van der Waals surface area contributed by atoms with E-state index in [0.717, 1.165) is 12.1 Å². The van der Waals surface area contributed by atoms with E-state index in [2.05, 4.69) is 4.98 Å². The zero-order valence-corrected chi connectivity index (χ0v) is 16.1. The fourth-order valence-corrected chi connectivity index (χ4v) is 3.56. The minimum Gasteiger partial charge on any atom is -0.463 e. The molecule has 156 valence electrons. The van der Waals surface area contributed by atoms with E-state index in [-0.39, 0.29) is 53.9 Å². The lowest BCUT2D eigenvalue weighted by molar-refractivity contribution is -0.138. The van der Waals surface area contributed by atoms with Crippen molar-refractivity contribution >= 4 is 35.2 Å². The molecular weight excluding hydrogens is 399 g/mol. The quantitative estimate of drug-likeness (QED) is 0.711. The SMILES string of the molecule is CCOC(=O)C1=Cc2cc(F)c(N3CCC(=O)C3)nc2N(c2ccc(F)cc2F)C1. The summed E-state index contributed by atoms with van der Waals surface area (Å²) in [5, 5.41) is 0. The molecule has 3 heterocycles. The summed E-state index contributed by atoms with van der Waals surface area (Å²) in [7, 11) is 0. The number of anilines is 3. The number of halogens is 3. The lowest BCUT2D eigenvalue weighted by Crippen LogP contribution is -2.31. The minimum absolute atomic E-state index is 0.0184. The molecule has 1 fully saturated rings. The van der Waals surface area contributed by atoms with Gasteiger partial charge < -0.3 is 14.5 Å². The van der Waals surface area contributed by atoms with Gasteiger partial charge in [-0.15, -0.1) is 0 Å². The summed E-state index contributed by atoms with van der Waals surface area (Å²) < 4.78 is 47.8. The predicted octanol–water partition coefficient (Wildman–Crippen LogP) is 3.38. The summed E-state index contributed by atoms with van der Waals surface area (Å²) in [4.78, 5) is 31.2. The van der Waals surface area contributed by atoms with Crippen molar-refractivity contribution in [3.05, 3.63) is 52.9 Å². The number of rotatable bonds is 4. The summed E-state index contributed by atoms with van der Waals surface area (Å²) in [5.41, 5.74) is 0.410. The molecule has 6 nitrogen and oxygen atoms in total. The number of hydrogen-bond donors (Lipinski definition) is 0. The average Bonchev–Trinajstić information content (AvgIpc) is 3.13. The summed E-state index contributed by atoms with van der Waals surface area (Å²) >= 11 is 0. The second-order valence-corrected chi connectivity index (χ2v) is 6.99. The molecule has 9 heteroatoms. The van der Waals surface area contributed by atoms with Gasteiger partial charge in [0.05, 0.1) is 31.0 Å². The summed E-state index contributed by atoms with van der Waals surface area (Å²) in [6.07, 6.45) is 1.74. The maximum Gasteiger partial charge on any atom is 0.335 e.